The van der Waals surface area contributed by atoms with Gasteiger partial charge in [0.05, 0.1) is 11.9 Å². The zero-order chi connectivity index (χ0) is 6.50. The molecule has 0 aliphatic heterocycles. The summed E-state index contributed by atoms with van der Waals surface area (Å²) in [5.41, 5.74) is 0. The Hall–Kier alpha value is 0.120. The van der Waals surface area contributed by atoms with E-state index in [0.717, 1.165) is 0 Å². The van der Waals surface area contributed by atoms with Gasteiger partial charge in [-0.05, 0) is 0 Å². The molecule has 0 amide bonds. The van der Waals surface area contributed by atoms with Crippen LogP contribution in [0.4, 0.5) is 0 Å². The number of halogens is 1. The van der Waals surface area contributed by atoms with E-state index in [1.54, 1.807) is 0 Å². The summed E-state index contributed by atoms with van der Waals surface area (Å²) in [6, 6.07) is 0. The molecule has 7 heavy (non-hydrogen) atoms. The molecule has 0 aliphatic rings. The average Bonchev–Trinajstić information content (AvgIpc) is 1.36. The fraction of sp³-hybridized carbons (Fsp3) is 0. The Labute approximate surface area is 45.3 Å². The van der Waals surface area contributed by atoms with Crippen molar-refractivity contribution in [3.63, 3.8) is 0 Å². The van der Waals surface area contributed by atoms with Gasteiger partial charge in [-0.25, -0.2) is 0 Å². The minimum Gasteiger partial charge on any atom is -0.295 e. The molecule has 0 fully saturated rings. The van der Waals surface area contributed by atoms with E-state index >= 15 is 0 Å². The zero-order valence-corrected chi connectivity index (χ0v) is 4.52. The maximum absolute atomic E-state index is 8.74. The predicted octanol–water partition coefficient (Wildman–Crippen LogP) is -0.520. The first-order chi connectivity index (χ1) is 3.00. The second-order valence-corrected chi connectivity index (χ2v) is 1.34. The first-order valence-corrected chi connectivity index (χ1v) is 2.60. The van der Waals surface area contributed by atoms with Crippen LogP contribution < -0.4 is 0 Å². The van der Waals surface area contributed by atoms with Gasteiger partial charge in [0.2, 0.25) is 0 Å². The summed E-state index contributed by atoms with van der Waals surface area (Å²) in [4.78, 5) is 0. The lowest BCUT2D eigenvalue weighted by Gasteiger charge is -1.68. The van der Waals surface area contributed by atoms with Crippen molar-refractivity contribution in [1.29, 1.82) is 0 Å². The van der Waals surface area contributed by atoms with Crippen LogP contribution in [0.2, 0.25) is 0 Å². The number of hydrogen-bond donors (Lipinski definition) is 3. The Morgan fingerprint density at radius 2 is 1.14 bits per heavy atom. The van der Waals surface area contributed by atoms with Crippen molar-refractivity contribution in [2.75, 3.05) is 0 Å². The summed E-state index contributed by atoms with van der Waals surface area (Å²) in [5, 5.41) is 0. The van der Waals surface area contributed by atoms with Gasteiger partial charge >= 0.3 is 10.4 Å². The van der Waals surface area contributed by atoms with Crippen molar-refractivity contribution in [2.24, 2.45) is 0 Å². The first-order valence-electron chi connectivity index (χ1n) is 0.868. The van der Waals surface area contributed by atoms with Crippen LogP contribution in [0.3, 0.4) is 0 Å². The molecule has 7 heteroatoms. The average molecular weight is 151 g/mol. The van der Waals surface area contributed by atoms with Crippen molar-refractivity contribution in [3.8, 4) is 0 Å². The smallest absolute Gasteiger partial charge is 0.295 e. The predicted molar refractivity (Wildman–Crippen MR) is 22.2 cm³/mol. The molecule has 0 rings (SSSR count). The molecule has 0 radical (unpaired) electrons. The Kier molecular flexibility index (Phi) is 6.22. The van der Waals surface area contributed by atoms with Crippen LogP contribution >= 0.6 is 11.9 Å². The summed E-state index contributed by atoms with van der Waals surface area (Å²) >= 11 is 3.64. The van der Waals surface area contributed by atoms with Gasteiger partial charge in [-0.1, -0.05) is 0 Å². The van der Waals surface area contributed by atoms with Crippen molar-refractivity contribution in [3.05, 3.63) is 0 Å². The lowest BCUT2D eigenvalue weighted by Crippen LogP contribution is -1.89. The molecule has 0 aromatic rings. The minimum atomic E-state index is -4.67. The lowest BCUT2D eigenvalue weighted by atomic mass is 15.8. The van der Waals surface area contributed by atoms with Gasteiger partial charge in [-0.2, -0.15) is 8.42 Å². The van der Waals surface area contributed by atoms with E-state index in [4.69, 9.17) is 22.2 Å². The largest absolute Gasteiger partial charge is 0.394 e. The van der Waals surface area contributed by atoms with Crippen molar-refractivity contribution >= 4 is 22.3 Å². The fourth-order valence-corrected chi connectivity index (χ4v) is 0. The van der Waals surface area contributed by atoms with Crippen LogP contribution in [0.15, 0.2) is 0 Å². The highest BCUT2D eigenvalue weighted by Gasteiger charge is 1.84. The third kappa shape index (κ3) is 7210. The first kappa shape index (κ1) is 10.2. The summed E-state index contributed by atoms with van der Waals surface area (Å²) in [7, 11) is -4.67. The Balaban J connectivity index is 0. The van der Waals surface area contributed by atoms with Crippen LogP contribution in [0.1, 0.15) is 0 Å². The van der Waals surface area contributed by atoms with E-state index in [9.17, 15) is 0 Å². The van der Waals surface area contributed by atoms with E-state index in [1.807, 2.05) is 0 Å². The van der Waals surface area contributed by atoms with Gasteiger partial charge < -0.3 is 0 Å². The standard InChI is InChI=1S/ClHO.H2O4S/c1-2;1-5(2,3)4/h2H;(H2,1,2,3,4). The van der Waals surface area contributed by atoms with E-state index in [2.05, 4.69) is 11.9 Å². The summed E-state index contributed by atoms with van der Waals surface area (Å²) in [6.07, 6.45) is 0. The third-order valence-corrected chi connectivity index (χ3v) is 0. The van der Waals surface area contributed by atoms with E-state index in [1.165, 1.54) is 0 Å². The van der Waals surface area contributed by atoms with Crippen LogP contribution in [0, 0.1) is 0 Å². The van der Waals surface area contributed by atoms with Gasteiger partial charge in [-0.15, -0.1) is 0 Å². The highest BCUT2D eigenvalue weighted by Crippen LogP contribution is 1.59. The zero-order valence-electron chi connectivity index (χ0n) is 2.94. The van der Waals surface area contributed by atoms with Crippen LogP contribution in [0.5, 0.6) is 0 Å². The molecular formula is H3ClO5S. The minimum absolute atomic E-state index is 3.64. The summed E-state index contributed by atoms with van der Waals surface area (Å²) < 4.78 is 38.1. The van der Waals surface area contributed by atoms with E-state index < -0.39 is 10.4 Å². The fourth-order valence-electron chi connectivity index (χ4n) is 0. The molecule has 0 heterocycles. The van der Waals surface area contributed by atoms with Crippen LogP contribution in [-0.4, -0.2) is 22.2 Å². The second-order valence-electron chi connectivity index (χ2n) is 0.448. The molecule has 0 aromatic heterocycles. The van der Waals surface area contributed by atoms with Crippen molar-refractivity contribution < 1.29 is 22.2 Å². The molecule has 5 nitrogen and oxygen atoms in total. The number of hydrogen-bond acceptors (Lipinski definition) is 3. The van der Waals surface area contributed by atoms with Gasteiger partial charge in [0, 0.05) is 0 Å². The quantitative estimate of drug-likeness (QED) is 0.404. The molecular weight excluding hydrogens is 148 g/mol. The molecule has 0 unspecified atom stereocenters. The topological polar surface area (TPSA) is 94.8 Å². The van der Waals surface area contributed by atoms with Crippen molar-refractivity contribution in [2.45, 2.75) is 0 Å². The maximum atomic E-state index is 8.74. The number of rotatable bonds is 0. The Morgan fingerprint density at radius 1 is 1.14 bits per heavy atom. The lowest BCUT2D eigenvalue weighted by molar-refractivity contribution is 0.381. The molecule has 3 N–H and O–H groups in total. The molecule has 46 valence electrons. The normalized spacial score (nSPS) is 9.14. The van der Waals surface area contributed by atoms with Crippen LogP contribution in [0.25, 0.3) is 0 Å². The van der Waals surface area contributed by atoms with Gasteiger partial charge in [0.25, 0.3) is 0 Å². The van der Waals surface area contributed by atoms with Gasteiger partial charge in [-0.3, -0.25) is 13.8 Å². The second kappa shape index (κ2) is 4.28. The van der Waals surface area contributed by atoms with E-state index in [0.29, 0.717) is 0 Å². The summed E-state index contributed by atoms with van der Waals surface area (Å²) in [6.45, 7) is 0. The third-order valence-electron chi connectivity index (χ3n) is 0. The highest BCUT2D eigenvalue weighted by molar-refractivity contribution is 7.79. The Morgan fingerprint density at radius 3 is 1.14 bits per heavy atom. The molecule has 0 saturated carbocycles. The maximum Gasteiger partial charge on any atom is 0.394 e. The molecule has 0 atom stereocenters. The van der Waals surface area contributed by atoms with E-state index in [-0.39, 0.29) is 0 Å². The van der Waals surface area contributed by atoms with Gasteiger partial charge in [0.1, 0.15) is 0 Å². The van der Waals surface area contributed by atoms with Crippen LogP contribution in [-0.2, 0) is 10.4 Å². The molecule has 0 aliphatic carbocycles. The molecule has 0 bridgehead atoms. The molecule has 0 aromatic carbocycles. The molecule has 0 spiro atoms. The van der Waals surface area contributed by atoms with Crippen molar-refractivity contribution in [1.82, 2.24) is 0 Å². The highest BCUT2D eigenvalue weighted by atomic mass is 35.5. The van der Waals surface area contributed by atoms with Gasteiger partial charge in [0.15, 0.2) is 0 Å². The SMILES string of the molecule is O=S(=O)(O)O.OCl. The monoisotopic (exact) mass is 150 g/mol. The summed E-state index contributed by atoms with van der Waals surface area (Å²) in [5.74, 6) is 0. The molecule has 0 saturated heterocycles. The Bertz CT molecular complexity index is 91.2.